The molecule has 1 aromatic heterocycles. The molecule has 0 spiro atoms. The molecule has 0 saturated heterocycles. The molecule has 0 bridgehead atoms. The summed E-state index contributed by atoms with van der Waals surface area (Å²) in [5.74, 6) is -5.57. The van der Waals surface area contributed by atoms with Crippen LogP contribution in [0.5, 0.6) is 0 Å². The molecule has 11 heteroatoms. The Bertz CT molecular complexity index is 1420. The van der Waals surface area contributed by atoms with E-state index in [1.807, 2.05) is 13.0 Å². The van der Waals surface area contributed by atoms with E-state index in [0.29, 0.717) is 5.69 Å². The lowest BCUT2D eigenvalue weighted by atomic mass is 9.96. The van der Waals surface area contributed by atoms with Gasteiger partial charge in [-0.3, -0.25) is 14.4 Å². The van der Waals surface area contributed by atoms with Gasteiger partial charge in [0.05, 0.1) is 34.2 Å². The zero-order valence-electron chi connectivity index (χ0n) is 20.1. The van der Waals surface area contributed by atoms with E-state index >= 15 is 8.78 Å². The molecule has 2 heterocycles. The van der Waals surface area contributed by atoms with Crippen molar-refractivity contribution in [2.24, 2.45) is 5.73 Å². The zero-order chi connectivity index (χ0) is 26.9. The predicted octanol–water partition coefficient (Wildman–Crippen LogP) is 3.85. The minimum atomic E-state index is -3.43. The third-order valence-electron chi connectivity index (χ3n) is 5.98. The molecule has 192 valence electrons. The lowest BCUT2D eigenvalue weighted by Gasteiger charge is -2.23. The number of fused-ring (bicyclic) bond motifs is 1. The number of carbonyl (C=O) groups is 3. The summed E-state index contributed by atoms with van der Waals surface area (Å²) in [6.07, 6.45) is 1.82. The summed E-state index contributed by atoms with van der Waals surface area (Å²) in [6, 6.07) is 12.7. The van der Waals surface area contributed by atoms with Crippen molar-refractivity contribution < 1.29 is 23.2 Å². The number of aryl methyl sites for hydroxylation is 1. The first-order valence-electron chi connectivity index (χ1n) is 11.3. The molecule has 4 rings (SSSR count). The molecule has 37 heavy (non-hydrogen) atoms. The van der Waals surface area contributed by atoms with Crippen LogP contribution >= 0.6 is 11.6 Å². The van der Waals surface area contributed by atoms with Crippen molar-refractivity contribution in [1.82, 2.24) is 14.7 Å². The molecule has 0 radical (unpaired) electrons. The second kappa shape index (κ2) is 10.1. The number of benzene rings is 2. The number of amides is 3. The van der Waals surface area contributed by atoms with E-state index in [1.165, 1.54) is 30.1 Å². The summed E-state index contributed by atoms with van der Waals surface area (Å²) >= 11 is 6.46. The molecule has 0 saturated carbocycles. The van der Waals surface area contributed by atoms with Gasteiger partial charge in [-0.2, -0.15) is 5.10 Å². The fourth-order valence-corrected chi connectivity index (χ4v) is 4.36. The van der Waals surface area contributed by atoms with Crippen molar-refractivity contribution in [1.29, 1.82) is 0 Å². The summed E-state index contributed by atoms with van der Waals surface area (Å²) in [6.45, 7) is 1.10. The normalized spacial score (nSPS) is 15.7. The highest BCUT2D eigenvalue weighted by Gasteiger charge is 2.41. The van der Waals surface area contributed by atoms with Crippen molar-refractivity contribution in [3.8, 4) is 5.69 Å². The van der Waals surface area contributed by atoms with Gasteiger partial charge in [-0.15, -0.1) is 0 Å². The Morgan fingerprint density at radius 1 is 1.19 bits per heavy atom. The number of rotatable bonds is 5. The van der Waals surface area contributed by atoms with Crippen LogP contribution < -0.4 is 10.6 Å². The summed E-state index contributed by atoms with van der Waals surface area (Å²) in [5.41, 5.74) is 6.40. The van der Waals surface area contributed by atoms with E-state index in [9.17, 15) is 14.4 Å². The first-order chi connectivity index (χ1) is 17.5. The number of hydrogen-bond acceptors (Lipinski definition) is 4. The molecule has 8 nitrogen and oxygen atoms in total. The predicted molar refractivity (Wildman–Crippen MR) is 136 cm³/mol. The highest BCUT2D eigenvalue weighted by Crippen LogP contribution is 2.43. The van der Waals surface area contributed by atoms with Crippen LogP contribution in [0.15, 0.2) is 60.8 Å². The Labute approximate surface area is 216 Å². The van der Waals surface area contributed by atoms with E-state index in [1.54, 1.807) is 35.1 Å². The second-order valence-corrected chi connectivity index (χ2v) is 9.12. The van der Waals surface area contributed by atoms with Crippen LogP contribution in [0.3, 0.4) is 0 Å². The van der Waals surface area contributed by atoms with Crippen LogP contribution in [-0.2, 0) is 9.59 Å². The van der Waals surface area contributed by atoms with Gasteiger partial charge < -0.3 is 15.5 Å². The zero-order valence-corrected chi connectivity index (χ0v) is 20.9. The number of carbonyl (C=O) groups excluding carboxylic acids is 3. The molecule has 0 fully saturated rings. The number of nitrogens with zero attached hydrogens (tertiary/aromatic N) is 4. The summed E-state index contributed by atoms with van der Waals surface area (Å²) in [7, 11) is 1.29. The minimum absolute atomic E-state index is 0.0268. The van der Waals surface area contributed by atoms with Gasteiger partial charge in [0.25, 0.3) is 11.8 Å². The van der Waals surface area contributed by atoms with Gasteiger partial charge in [-0.05, 0) is 37.3 Å². The number of allylic oxidation sites excluding steroid dienone is 1. The van der Waals surface area contributed by atoms with Gasteiger partial charge in [0.15, 0.2) is 0 Å². The van der Waals surface area contributed by atoms with Crippen LogP contribution in [0.2, 0.25) is 5.02 Å². The highest BCUT2D eigenvalue weighted by atomic mass is 35.5. The molecule has 0 unspecified atom stereocenters. The SMILES string of the molecule is Cc1ccn(-c2ccc(C(=O)N3CCC(F)(F)C(=CC(=O)N(C)CC(N)=O)c4ccccc43)c(Cl)c2)n1. The fourth-order valence-electron chi connectivity index (χ4n) is 4.10. The summed E-state index contributed by atoms with van der Waals surface area (Å²) in [4.78, 5) is 39.5. The quantitative estimate of drug-likeness (QED) is 0.509. The van der Waals surface area contributed by atoms with Gasteiger partial charge in [0, 0.05) is 43.4 Å². The van der Waals surface area contributed by atoms with Crippen LogP contribution in [0.1, 0.15) is 28.0 Å². The maximum atomic E-state index is 15.4. The number of para-hydroxylation sites is 1. The number of hydrogen-bond donors (Lipinski definition) is 1. The number of anilines is 1. The van der Waals surface area contributed by atoms with Gasteiger partial charge in [0.1, 0.15) is 0 Å². The van der Waals surface area contributed by atoms with E-state index < -0.39 is 42.2 Å². The Balaban J connectivity index is 1.73. The first-order valence-corrected chi connectivity index (χ1v) is 11.7. The average Bonchev–Trinajstić information content (AvgIpc) is 3.24. The number of primary amides is 1. The lowest BCUT2D eigenvalue weighted by Crippen LogP contribution is -2.35. The van der Waals surface area contributed by atoms with Crippen LogP contribution in [-0.4, -0.2) is 58.5 Å². The molecule has 3 amide bonds. The Morgan fingerprint density at radius 3 is 2.57 bits per heavy atom. The molecule has 0 aliphatic carbocycles. The van der Waals surface area contributed by atoms with Crippen LogP contribution in [0, 0.1) is 6.92 Å². The van der Waals surface area contributed by atoms with Crippen molar-refractivity contribution >= 4 is 40.6 Å². The second-order valence-electron chi connectivity index (χ2n) is 8.71. The van der Waals surface area contributed by atoms with E-state index in [0.717, 1.165) is 16.7 Å². The number of aromatic nitrogens is 2. The molecule has 3 aromatic rings. The molecule has 0 atom stereocenters. The number of nitrogens with two attached hydrogens (primary N) is 1. The third-order valence-corrected chi connectivity index (χ3v) is 6.29. The third kappa shape index (κ3) is 5.39. The summed E-state index contributed by atoms with van der Waals surface area (Å²) in [5, 5.41) is 4.46. The molecule has 1 aliphatic heterocycles. The molecule has 1 aliphatic rings. The monoisotopic (exact) mass is 527 g/mol. The molecule has 2 N–H and O–H groups in total. The Kier molecular flexibility index (Phi) is 7.13. The topological polar surface area (TPSA) is 102 Å². The number of halogens is 3. The summed E-state index contributed by atoms with van der Waals surface area (Å²) < 4.78 is 32.3. The smallest absolute Gasteiger partial charge is 0.275 e. The number of alkyl halides is 2. The average molecular weight is 528 g/mol. The van der Waals surface area contributed by atoms with Gasteiger partial charge in [-0.1, -0.05) is 29.8 Å². The molecule has 2 aromatic carbocycles. The molecular weight excluding hydrogens is 504 g/mol. The standard InChI is InChI=1S/C26H24ClF2N5O3/c1-16-9-11-34(31-16)17-7-8-19(21(27)13-17)25(37)33-12-10-26(28,29)20(18-5-3-4-6-22(18)33)14-24(36)32(2)15-23(30)35/h3-9,11,13-14H,10,12,15H2,1-2H3,(H2,30,35). The van der Waals surface area contributed by atoms with Gasteiger partial charge in [-0.25, -0.2) is 13.5 Å². The van der Waals surface area contributed by atoms with Gasteiger partial charge >= 0.3 is 0 Å². The minimum Gasteiger partial charge on any atom is -0.368 e. The lowest BCUT2D eigenvalue weighted by molar-refractivity contribution is -0.129. The number of likely N-dealkylation sites (N-methyl/N-ethyl adjacent to an activating group) is 1. The van der Waals surface area contributed by atoms with E-state index in [2.05, 4.69) is 5.10 Å². The maximum absolute atomic E-state index is 15.4. The van der Waals surface area contributed by atoms with Crippen LogP contribution in [0.4, 0.5) is 14.5 Å². The van der Waals surface area contributed by atoms with Crippen molar-refractivity contribution in [3.63, 3.8) is 0 Å². The van der Waals surface area contributed by atoms with E-state index in [-0.39, 0.29) is 28.4 Å². The largest absolute Gasteiger partial charge is 0.368 e. The van der Waals surface area contributed by atoms with Gasteiger partial charge in [0.2, 0.25) is 11.8 Å². The Morgan fingerprint density at radius 2 is 1.92 bits per heavy atom. The first kappa shape index (κ1) is 26.0. The van der Waals surface area contributed by atoms with Crippen molar-refractivity contribution in [3.05, 3.63) is 82.6 Å². The van der Waals surface area contributed by atoms with Crippen LogP contribution in [0.25, 0.3) is 11.3 Å². The van der Waals surface area contributed by atoms with Crippen molar-refractivity contribution in [2.75, 3.05) is 25.0 Å². The highest BCUT2D eigenvalue weighted by molar-refractivity contribution is 6.34. The molecular formula is C26H24ClF2N5O3. The maximum Gasteiger partial charge on any atom is 0.275 e. The van der Waals surface area contributed by atoms with E-state index in [4.69, 9.17) is 17.3 Å². The van der Waals surface area contributed by atoms with Crippen molar-refractivity contribution in [2.45, 2.75) is 19.3 Å². The Hall–Kier alpha value is -4.05. The fraction of sp³-hybridized carbons (Fsp3) is 0.231.